The van der Waals surface area contributed by atoms with Gasteiger partial charge in [-0.3, -0.25) is 0 Å². The lowest BCUT2D eigenvalue weighted by atomic mass is 9.88. The minimum atomic E-state index is -4.50. The second-order valence-corrected chi connectivity index (χ2v) is 10.8. The molecule has 0 amide bonds. The maximum atomic E-state index is 13.2. The van der Waals surface area contributed by atoms with Crippen LogP contribution in [0.2, 0.25) is 0 Å². The highest BCUT2D eigenvalue weighted by atomic mass is 32.2. The van der Waals surface area contributed by atoms with Crippen molar-refractivity contribution in [3.05, 3.63) is 23.8 Å². The lowest BCUT2D eigenvalue weighted by molar-refractivity contribution is 0.555. The maximum absolute atomic E-state index is 13.2. The number of aromatic nitrogens is 4. The van der Waals surface area contributed by atoms with E-state index in [4.69, 9.17) is 10.9 Å². The Morgan fingerprint density at radius 3 is 2.58 bits per heavy atom. The molecule has 1 aliphatic carbocycles. The fourth-order valence-electron chi connectivity index (χ4n) is 4.03. The van der Waals surface area contributed by atoms with Crippen molar-refractivity contribution in [3.8, 4) is 11.4 Å². The van der Waals surface area contributed by atoms with Crippen LogP contribution < -0.4 is 20.9 Å². The molecule has 1 aromatic heterocycles. The van der Waals surface area contributed by atoms with Gasteiger partial charge < -0.3 is 11.1 Å². The quantitative estimate of drug-likeness (QED) is 0.354. The zero-order valence-corrected chi connectivity index (χ0v) is 18.2. The predicted octanol–water partition coefficient (Wildman–Crippen LogP) is -0.951. The standard InChI is InChI=1S/C17H24N8O4S2/c18-11-3-1-2-10(8-11)13-4-5-14(31(28,29)23-12-6-7-20-9-12)16(30(19,26)27)15(13)17-21-24-25-22-17/h4-5,8,11-12,20,23H,1-3,6-7,9,18H2,(H2,19,26,27)(H,21,22,24,25). The first-order chi connectivity index (χ1) is 14.7. The van der Waals surface area contributed by atoms with Crippen LogP contribution in [0.15, 0.2) is 28.0 Å². The van der Waals surface area contributed by atoms with E-state index >= 15 is 0 Å². The summed E-state index contributed by atoms with van der Waals surface area (Å²) in [5.41, 5.74) is 7.29. The van der Waals surface area contributed by atoms with Crippen LogP contribution in [0.3, 0.4) is 0 Å². The molecular weight excluding hydrogens is 444 g/mol. The minimum absolute atomic E-state index is 0.0102. The molecule has 1 aliphatic heterocycles. The zero-order valence-electron chi connectivity index (χ0n) is 16.6. The number of nitrogens with two attached hydrogens (primary N) is 2. The molecule has 1 saturated heterocycles. The molecular formula is C17H24N8O4S2. The monoisotopic (exact) mass is 468 g/mol. The number of hydrogen-bond donors (Lipinski definition) is 5. The first kappa shape index (κ1) is 22.0. The molecule has 0 radical (unpaired) electrons. The highest BCUT2D eigenvalue weighted by Gasteiger charge is 2.34. The second-order valence-electron chi connectivity index (χ2n) is 7.65. The van der Waals surface area contributed by atoms with E-state index in [2.05, 4.69) is 30.7 Å². The summed E-state index contributed by atoms with van der Waals surface area (Å²) >= 11 is 0. The average Bonchev–Trinajstić information content (AvgIpc) is 3.40. The van der Waals surface area contributed by atoms with Crippen LogP contribution in [0, 0.1) is 0 Å². The number of sulfonamides is 2. The molecule has 1 aromatic carbocycles. The van der Waals surface area contributed by atoms with Gasteiger partial charge in [-0.2, -0.15) is 5.21 Å². The number of primary sulfonamides is 1. The van der Waals surface area contributed by atoms with Gasteiger partial charge in [-0.25, -0.2) is 26.7 Å². The van der Waals surface area contributed by atoms with E-state index in [1.54, 1.807) is 6.07 Å². The molecule has 4 rings (SSSR count). The lowest BCUT2D eigenvalue weighted by Gasteiger charge is -2.22. The van der Waals surface area contributed by atoms with E-state index in [0.717, 1.165) is 18.4 Å². The number of H-pyrrole nitrogens is 1. The van der Waals surface area contributed by atoms with Gasteiger partial charge in [0, 0.05) is 18.6 Å². The summed E-state index contributed by atoms with van der Waals surface area (Å²) in [5, 5.41) is 22.2. The molecule has 2 aromatic rings. The molecule has 2 heterocycles. The fraction of sp³-hybridized carbons (Fsp3) is 0.471. The van der Waals surface area contributed by atoms with Crippen molar-refractivity contribution in [1.29, 1.82) is 0 Å². The third kappa shape index (κ3) is 4.53. The van der Waals surface area contributed by atoms with Crippen LogP contribution in [-0.4, -0.2) is 62.6 Å². The van der Waals surface area contributed by atoms with Crippen molar-refractivity contribution in [3.63, 3.8) is 0 Å². The number of nitrogens with zero attached hydrogens (tertiary/aromatic N) is 3. The molecule has 7 N–H and O–H groups in total. The van der Waals surface area contributed by atoms with Gasteiger partial charge in [-0.15, -0.1) is 10.2 Å². The van der Waals surface area contributed by atoms with E-state index in [9.17, 15) is 16.8 Å². The summed E-state index contributed by atoms with van der Waals surface area (Å²) in [5.74, 6) is -0.0707. The molecule has 14 heteroatoms. The summed E-state index contributed by atoms with van der Waals surface area (Å²) in [6.07, 6.45) is 4.67. The molecule has 12 nitrogen and oxygen atoms in total. The van der Waals surface area contributed by atoms with Crippen LogP contribution in [-0.2, 0) is 20.0 Å². The Kier molecular flexibility index (Phi) is 5.93. The number of aromatic amines is 1. The number of tetrazole rings is 1. The molecule has 0 saturated carbocycles. The van der Waals surface area contributed by atoms with Crippen molar-refractivity contribution in [1.82, 2.24) is 30.7 Å². The Labute approximate surface area is 180 Å². The third-order valence-electron chi connectivity index (χ3n) is 5.39. The van der Waals surface area contributed by atoms with E-state index in [1.807, 2.05) is 6.08 Å². The molecule has 2 aliphatic rings. The Balaban J connectivity index is 1.97. The molecule has 1 fully saturated rings. The van der Waals surface area contributed by atoms with Gasteiger partial charge in [-0.05, 0) is 54.6 Å². The van der Waals surface area contributed by atoms with Crippen LogP contribution in [0.5, 0.6) is 0 Å². The number of rotatable bonds is 6. The summed E-state index contributed by atoms with van der Waals surface area (Å²) in [6, 6.07) is 2.25. The van der Waals surface area contributed by atoms with E-state index in [-0.39, 0.29) is 23.5 Å². The van der Waals surface area contributed by atoms with E-state index in [0.29, 0.717) is 31.5 Å². The minimum Gasteiger partial charge on any atom is -0.324 e. The summed E-state index contributed by atoms with van der Waals surface area (Å²) in [7, 11) is -8.71. The summed E-state index contributed by atoms with van der Waals surface area (Å²) in [6.45, 7) is 1.11. The predicted molar refractivity (Wildman–Crippen MR) is 112 cm³/mol. The topological polar surface area (TPSA) is 199 Å². The average molecular weight is 469 g/mol. The van der Waals surface area contributed by atoms with Gasteiger partial charge in [0.1, 0.15) is 9.79 Å². The van der Waals surface area contributed by atoms with Crippen molar-refractivity contribution in [2.45, 2.75) is 47.6 Å². The molecule has 0 spiro atoms. The third-order valence-corrected chi connectivity index (χ3v) is 8.08. The molecule has 2 atom stereocenters. The van der Waals surface area contributed by atoms with Gasteiger partial charge in [-0.1, -0.05) is 12.1 Å². The van der Waals surface area contributed by atoms with Crippen LogP contribution >= 0.6 is 0 Å². The van der Waals surface area contributed by atoms with Gasteiger partial charge >= 0.3 is 0 Å². The van der Waals surface area contributed by atoms with Crippen LogP contribution in [0.4, 0.5) is 0 Å². The number of nitrogens with one attached hydrogen (secondary N) is 3. The zero-order chi connectivity index (χ0) is 22.2. The van der Waals surface area contributed by atoms with Crippen LogP contribution in [0.1, 0.15) is 31.2 Å². The summed E-state index contributed by atoms with van der Waals surface area (Å²) in [4.78, 5) is -1.02. The lowest BCUT2D eigenvalue weighted by Crippen LogP contribution is -2.37. The SMILES string of the molecule is NC1C=C(c2ccc(S(=O)(=O)NC3CCNC3)c(S(N)(=O)=O)c2-c2nn[nH]n2)CCC1. The van der Waals surface area contributed by atoms with Crippen LogP contribution in [0.25, 0.3) is 17.0 Å². The Morgan fingerprint density at radius 2 is 1.97 bits per heavy atom. The number of hydrogen-bond acceptors (Lipinski definition) is 9. The van der Waals surface area contributed by atoms with Crippen molar-refractivity contribution in [2.75, 3.05) is 13.1 Å². The molecule has 31 heavy (non-hydrogen) atoms. The van der Waals surface area contributed by atoms with Gasteiger partial charge in [0.15, 0.2) is 0 Å². The maximum Gasteiger partial charge on any atom is 0.242 e. The normalized spacial score (nSPS) is 22.5. The Bertz CT molecular complexity index is 1200. The second kappa shape index (κ2) is 8.37. The van der Waals surface area contributed by atoms with Crippen molar-refractivity contribution < 1.29 is 16.8 Å². The fourth-order valence-corrected chi connectivity index (χ4v) is 6.90. The number of allylic oxidation sites excluding steroid dienone is 1. The van der Waals surface area contributed by atoms with E-state index in [1.165, 1.54) is 6.07 Å². The first-order valence-corrected chi connectivity index (χ1v) is 12.8. The molecule has 0 bridgehead atoms. The highest BCUT2D eigenvalue weighted by Crippen LogP contribution is 2.39. The Morgan fingerprint density at radius 1 is 1.16 bits per heavy atom. The first-order valence-electron chi connectivity index (χ1n) is 9.80. The van der Waals surface area contributed by atoms with Gasteiger partial charge in [0.2, 0.25) is 25.9 Å². The molecule has 168 valence electrons. The summed E-state index contributed by atoms with van der Waals surface area (Å²) < 4.78 is 54.3. The largest absolute Gasteiger partial charge is 0.324 e. The van der Waals surface area contributed by atoms with E-state index < -0.39 is 29.8 Å². The Hall–Kier alpha value is -2.23. The van der Waals surface area contributed by atoms with Crippen molar-refractivity contribution in [2.24, 2.45) is 10.9 Å². The van der Waals surface area contributed by atoms with Gasteiger partial charge in [0.05, 0.1) is 5.56 Å². The smallest absolute Gasteiger partial charge is 0.242 e. The van der Waals surface area contributed by atoms with Crippen molar-refractivity contribution >= 4 is 25.6 Å². The highest BCUT2D eigenvalue weighted by molar-refractivity contribution is 7.92. The number of benzene rings is 1. The van der Waals surface area contributed by atoms with Gasteiger partial charge in [0.25, 0.3) is 0 Å². The molecule has 2 unspecified atom stereocenters.